The highest BCUT2D eigenvalue weighted by Gasteiger charge is 2.31. The molecule has 10 heteroatoms. The zero-order chi connectivity index (χ0) is 21.0. The number of amides is 2. The molecule has 6 nitrogen and oxygen atoms in total. The number of hydrogen-bond donors (Lipinski definition) is 1. The van der Waals surface area contributed by atoms with Gasteiger partial charge < -0.3 is 10.2 Å². The second-order valence-corrected chi connectivity index (χ2v) is 7.95. The maximum absolute atomic E-state index is 12.7. The molecule has 2 heterocycles. The van der Waals surface area contributed by atoms with E-state index in [1.54, 1.807) is 4.90 Å². The number of hydrogen-bond acceptors (Lipinski definition) is 5. The van der Waals surface area contributed by atoms with E-state index in [0.29, 0.717) is 36.6 Å². The minimum absolute atomic E-state index is 0.0552. The van der Waals surface area contributed by atoms with Gasteiger partial charge in [-0.05, 0) is 36.5 Å². The van der Waals surface area contributed by atoms with Crippen LogP contribution in [-0.2, 0) is 15.8 Å². The van der Waals surface area contributed by atoms with Gasteiger partial charge in [0.25, 0.3) is 0 Å². The third kappa shape index (κ3) is 5.53. The molecule has 0 spiro atoms. The largest absolute Gasteiger partial charge is 0.416 e. The molecule has 1 aromatic carbocycles. The summed E-state index contributed by atoms with van der Waals surface area (Å²) in [7, 11) is 0. The van der Waals surface area contributed by atoms with Gasteiger partial charge in [-0.2, -0.15) is 13.2 Å². The zero-order valence-corrected chi connectivity index (χ0v) is 16.6. The van der Waals surface area contributed by atoms with Crippen molar-refractivity contribution in [3.8, 4) is 0 Å². The molecule has 1 aliphatic rings. The van der Waals surface area contributed by atoms with E-state index in [2.05, 4.69) is 15.5 Å². The Morgan fingerprint density at radius 2 is 1.90 bits per heavy atom. The zero-order valence-electron chi connectivity index (χ0n) is 15.8. The molecule has 0 radical (unpaired) electrons. The van der Waals surface area contributed by atoms with Crippen molar-refractivity contribution in [1.82, 2.24) is 15.1 Å². The van der Waals surface area contributed by atoms with Crippen molar-refractivity contribution in [2.45, 2.75) is 38.3 Å². The SMILES string of the molecule is CC(CC(=O)N1CCC(C(=O)Nc2nncs2)CC1)c1ccc(C(F)(F)F)cc1. The molecule has 1 saturated heterocycles. The quantitative estimate of drug-likeness (QED) is 0.786. The molecule has 0 bridgehead atoms. The van der Waals surface area contributed by atoms with Crippen LogP contribution in [0.2, 0.25) is 0 Å². The van der Waals surface area contributed by atoms with Gasteiger partial charge in [0.2, 0.25) is 16.9 Å². The number of nitrogens with zero attached hydrogens (tertiary/aromatic N) is 3. The Morgan fingerprint density at radius 1 is 1.24 bits per heavy atom. The predicted octanol–water partition coefficient (Wildman–Crippen LogP) is 3.93. The first-order valence-electron chi connectivity index (χ1n) is 9.26. The second-order valence-electron chi connectivity index (χ2n) is 7.11. The van der Waals surface area contributed by atoms with Gasteiger partial charge in [-0.15, -0.1) is 10.2 Å². The van der Waals surface area contributed by atoms with Crippen LogP contribution in [-0.4, -0.2) is 40.0 Å². The molecule has 1 aliphatic heterocycles. The third-order valence-corrected chi connectivity index (χ3v) is 5.70. The van der Waals surface area contributed by atoms with Crippen molar-refractivity contribution in [1.29, 1.82) is 0 Å². The van der Waals surface area contributed by atoms with E-state index in [9.17, 15) is 22.8 Å². The number of piperidine rings is 1. The van der Waals surface area contributed by atoms with E-state index in [0.717, 1.165) is 12.1 Å². The summed E-state index contributed by atoms with van der Waals surface area (Å²) in [5.74, 6) is -0.550. The Kier molecular flexibility index (Phi) is 6.51. The highest BCUT2D eigenvalue weighted by atomic mass is 32.1. The fraction of sp³-hybridized carbons (Fsp3) is 0.474. The summed E-state index contributed by atoms with van der Waals surface area (Å²) in [5, 5.41) is 10.6. The number of carbonyl (C=O) groups excluding carboxylic acids is 2. The Hall–Kier alpha value is -2.49. The molecule has 1 fully saturated rings. The average molecular weight is 426 g/mol. The first kappa shape index (κ1) is 21.2. The highest BCUT2D eigenvalue weighted by molar-refractivity contribution is 7.13. The van der Waals surface area contributed by atoms with E-state index in [-0.39, 0.29) is 30.1 Å². The van der Waals surface area contributed by atoms with Crippen molar-refractivity contribution in [2.24, 2.45) is 5.92 Å². The van der Waals surface area contributed by atoms with Crippen LogP contribution >= 0.6 is 11.3 Å². The smallest absolute Gasteiger partial charge is 0.343 e. The first-order valence-corrected chi connectivity index (χ1v) is 10.1. The van der Waals surface area contributed by atoms with Gasteiger partial charge in [0.1, 0.15) is 5.51 Å². The number of rotatable bonds is 5. The number of carbonyl (C=O) groups is 2. The Morgan fingerprint density at radius 3 is 2.45 bits per heavy atom. The number of benzene rings is 1. The molecule has 1 N–H and O–H groups in total. The molecule has 0 aliphatic carbocycles. The number of alkyl halides is 3. The minimum atomic E-state index is -4.37. The molecular weight excluding hydrogens is 405 g/mol. The fourth-order valence-electron chi connectivity index (χ4n) is 3.34. The van der Waals surface area contributed by atoms with E-state index in [4.69, 9.17) is 0 Å². The van der Waals surface area contributed by atoms with Crippen LogP contribution in [0.1, 0.15) is 43.2 Å². The van der Waals surface area contributed by atoms with Crippen molar-refractivity contribution < 1.29 is 22.8 Å². The second kappa shape index (κ2) is 8.89. The molecule has 2 amide bonds. The number of aromatic nitrogens is 2. The number of likely N-dealkylation sites (tertiary alicyclic amines) is 1. The van der Waals surface area contributed by atoms with Gasteiger partial charge in [-0.3, -0.25) is 9.59 Å². The lowest BCUT2D eigenvalue weighted by Gasteiger charge is -2.32. The summed E-state index contributed by atoms with van der Waals surface area (Å²) in [6, 6.07) is 4.92. The van der Waals surface area contributed by atoms with Gasteiger partial charge in [0.15, 0.2) is 0 Å². The monoisotopic (exact) mass is 426 g/mol. The van der Waals surface area contributed by atoms with Crippen LogP contribution in [0.3, 0.4) is 0 Å². The average Bonchev–Trinajstić information content (AvgIpc) is 3.20. The van der Waals surface area contributed by atoms with Crippen LogP contribution in [0.15, 0.2) is 29.8 Å². The van der Waals surface area contributed by atoms with Gasteiger partial charge in [0.05, 0.1) is 5.56 Å². The summed E-state index contributed by atoms with van der Waals surface area (Å²) >= 11 is 1.25. The lowest BCUT2D eigenvalue weighted by atomic mass is 9.93. The molecule has 1 aromatic heterocycles. The minimum Gasteiger partial charge on any atom is -0.343 e. The van der Waals surface area contributed by atoms with Crippen molar-refractivity contribution in [3.05, 3.63) is 40.9 Å². The van der Waals surface area contributed by atoms with Crippen molar-refractivity contribution >= 4 is 28.3 Å². The fourth-order valence-corrected chi connectivity index (χ4v) is 3.78. The molecule has 29 heavy (non-hydrogen) atoms. The first-order chi connectivity index (χ1) is 13.7. The summed E-state index contributed by atoms with van der Waals surface area (Å²) in [4.78, 5) is 26.5. The number of nitrogens with one attached hydrogen (secondary N) is 1. The summed E-state index contributed by atoms with van der Waals surface area (Å²) in [6.45, 7) is 2.78. The van der Waals surface area contributed by atoms with E-state index >= 15 is 0 Å². The van der Waals surface area contributed by atoms with E-state index in [1.165, 1.54) is 29.0 Å². The maximum Gasteiger partial charge on any atom is 0.416 e. The maximum atomic E-state index is 12.7. The van der Waals surface area contributed by atoms with Crippen LogP contribution in [0.25, 0.3) is 0 Å². The van der Waals surface area contributed by atoms with Crippen molar-refractivity contribution in [3.63, 3.8) is 0 Å². The lowest BCUT2D eigenvalue weighted by Crippen LogP contribution is -2.41. The highest BCUT2D eigenvalue weighted by Crippen LogP contribution is 2.31. The standard InChI is InChI=1S/C19H21F3N4O2S/c1-12(13-2-4-15(5-3-13)19(20,21)22)10-16(27)26-8-6-14(7-9-26)17(28)24-18-25-23-11-29-18/h2-5,11-12,14H,6-10H2,1H3,(H,24,25,28). The predicted molar refractivity (Wildman–Crippen MR) is 102 cm³/mol. The Balaban J connectivity index is 1.48. The van der Waals surface area contributed by atoms with Crippen LogP contribution < -0.4 is 5.32 Å². The third-order valence-electron chi connectivity index (χ3n) is 5.10. The number of anilines is 1. The van der Waals surface area contributed by atoms with Crippen LogP contribution in [0, 0.1) is 5.92 Å². The summed E-state index contributed by atoms with van der Waals surface area (Å²) in [6.07, 6.45) is -3.03. The Labute approximate surface area is 170 Å². The summed E-state index contributed by atoms with van der Waals surface area (Å²) in [5.41, 5.74) is 1.53. The number of halogens is 3. The van der Waals surface area contributed by atoms with E-state index < -0.39 is 11.7 Å². The molecule has 3 rings (SSSR count). The molecule has 1 unspecified atom stereocenters. The van der Waals surface area contributed by atoms with Gasteiger partial charge in [0, 0.05) is 25.4 Å². The Bertz CT molecular complexity index is 832. The van der Waals surface area contributed by atoms with Gasteiger partial charge in [-0.25, -0.2) is 0 Å². The van der Waals surface area contributed by atoms with Crippen LogP contribution in [0.4, 0.5) is 18.3 Å². The van der Waals surface area contributed by atoms with Gasteiger partial charge >= 0.3 is 6.18 Å². The normalized spacial score (nSPS) is 16.5. The van der Waals surface area contributed by atoms with E-state index in [1.807, 2.05) is 6.92 Å². The molecular formula is C19H21F3N4O2S. The molecule has 0 saturated carbocycles. The molecule has 2 aromatic rings. The lowest BCUT2D eigenvalue weighted by molar-refractivity contribution is -0.137. The van der Waals surface area contributed by atoms with Crippen LogP contribution in [0.5, 0.6) is 0 Å². The van der Waals surface area contributed by atoms with Gasteiger partial charge in [-0.1, -0.05) is 30.4 Å². The molecule has 1 atom stereocenters. The van der Waals surface area contributed by atoms with Crippen molar-refractivity contribution in [2.75, 3.05) is 18.4 Å². The summed E-state index contributed by atoms with van der Waals surface area (Å²) < 4.78 is 38.0. The topological polar surface area (TPSA) is 75.2 Å². The molecule has 156 valence electrons.